The number of nitrogens with two attached hydrogens (primary N) is 2. The van der Waals surface area contributed by atoms with E-state index in [1.807, 2.05) is 12.1 Å². The van der Waals surface area contributed by atoms with E-state index in [1.54, 1.807) is 24.3 Å². The zero-order chi connectivity index (χ0) is 17.7. The number of anilines is 1. The number of nitrogen functional groups attached to an aromatic ring is 1. The van der Waals surface area contributed by atoms with Crippen molar-refractivity contribution < 1.29 is 5.11 Å². The summed E-state index contributed by atoms with van der Waals surface area (Å²) in [6, 6.07) is 10.6. The lowest BCUT2D eigenvalue weighted by Crippen LogP contribution is -2.09. The first kappa shape index (κ1) is 16.2. The van der Waals surface area contributed by atoms with Gasteiger partial charge >= 0.3 is 0 Å². The molecule has 0 spiro atoms. The predicted octanol–water partition coefficient (Wildman–Crippen LogP) is 4.37. The van der Waals surface area contributed by atoms with Crippen LogP contribution in [0.25, 0.3) is 22.4 Å². The maximum atomic E-state index is 9.79. The average molecular weight is 372 g/mol. The van der Waals surface area contributed by atoms with Gasteiger partial charge in [-0.25, -0.2) is 4.98 Å². The highest BCUT2D eigenvalue weighted by atomic mass is 35.5. The lowest BCUT2D eigenvalue weighted by atomic mass is 9.93. The van der Waals surface area contributed by atoms with Crippen molar-refractivity contribution in [2.75, 3.05) is 5.73 Å². The minimum atomic E-state index is 0.227. The van der Waals surface area contributed by atoms with Gasteiger partial charge in [-0.15, -0.1) is 0 Å². The number of fused-ring (bicyclic) bond motifs is 3. The zero-order valence-corrected chi connectivity index (χ0v) is 14.7. The number of halogens is 2. The van der Waals surface area contributed by atoms with Crippen LogP contribution in [0, 0.1) is 0 Å². The summed E-state index contributed by atoms with van der Waals surface area (Å²) in [6.45, 7) is 0.252. The van der Waals surface area contributed by atoms with Crippen molar-refractivity contribution in [1.29, 1.82) is 0 Å². The molecule has 3 aromatic rings. The van der Waals surface area contributed by atoms with Gasteiger partial charge in [-0.2, -0.15) is 0 Å². The molecule has 6 heteroatoms. The van der Waals surface area contributed by atoms with Gasteiger partial charge < -0.3 is 16.6 Å². The highest BCUT2D eigenvalue weighted by Gasteiger charge is 2.27. The molecule has 4 rings (SSSR count). The van der Waals surface area contributed by atoms with Crippen LogP contribution >= 0.6 is 23.2 Å². The highest BCUT2D eigenvalue weighted by molar-refractivity contribution is 6.36. The average Bonchev–Trinajstić information content (AvgIpc) is 2.91. The van der Waals surface area contributed by atoms with Crippen LogP contribution in [-0.4, -0.2) is 10.1 Å². The number of nitrogens with zero attached hydrogens (tertiary/aromatic N) is 1. The molecule has 0 saturated carbocycles. The summed E-state index contributed by atoms with van der Waals surface area (Å²) in [7, 11) is 0. The Morgan fingerprint density at radius 1 is 1.08 bits per heavy atom. The summed E-state index contributed by atoms with van der Waals surface area (Å²) in [6.07, 6.45) is 0.633. The Bertz CT molecular complexity index is 1020. The van der Waals surface area contributed by atoms with Crippen molar-refractivity contribution in [2.45, 2.75) is 13.0 Å². The summed E-state index contributed by atoms with van der Waals surface area (Å²) in [5.74, 6) is 0.618. The first-order valence-electron chi connectivity index (χ1n) is 7.78. The van der Waals surface area contributed by atoms with E-state index < -0.39 is 0 Å². The second kappa shape index (κ2) is 5.92. The van der Waals surface area contributed by atoms with Crippen molar-refractivity contribution in [3.63, 3.8) is 0 Å². The number of phenols is 1. The van der Waals surface area contributed by atoms with Crippen LogP contribution in [0.3, 0.4) is 0 Å². The minimum absolute atomic E-state index is 0.227. The molecule has 5 N–H and O–H groups in total. The third-order valence-electron chi connectivity index (χ3n) is 4.55. The summed E-state index contributed by atoms with van der Waals surface area (Å²) >= 11 is 12.5. The normalized spacial score (nSPS) is 12.1. The van der Waals surface area contributed by atoms with Gasteiger partial charge in [0.05, 0.1) is 5.69 Å². The molecule has 0 atom stereocenters. The van der Waals surface area contributed by atoms with Gasteiger partial charge in [0.2, 0.25) is 0 Å². The van der Waals surface area contributed by atoms with Crippen molar-refractivity contribution in [1.82, 2.24) is 4.98 Å². The van der Waals surface area contributed by atoms with Gasteiger partial charge in [0, 0.05) is 39.7 Å². The lowest BCUT2D eigenvalue weighted by Gasteiger charge is -2.17. The topological polar surface area (TPSA) is 85.2 Å². The van der Waals surface area contributed by atoms with E-state index in [0.717, 1.165) is 39.1 Å². The lowest BCUT2D eigenvalue weighted by molar-refractivity contribution is 0.475. The van der Waals surface area contributed by atoms with Crippen molar-refractivity contribution in [3.05, 3.63) is 63.1 Å². The molecular formula is C19H15Cl2N3O. The monoisotopic (exact) mass is 371 g/mol. The van der Waals surface area contributed by atoms with Crippen LogP contribution in [0.5, 0.6) is 5.75 Å². The van der Waals surface area contributed by atoms with E-state index >= 15 is 0 Å². The molecule has 0 unspecified atom stereocenters. The van der Waals surface area contributed by atoms with E-state index in [-0.39, 0.29) is 12.3 Å². The van der Waals surface area contributed by atoms with Crippen LogP contribution in [0.4, 0.5) is 5.82 Å². The maximum absolute atomic E-state index is 9.79. The largest absolute Gasteiger partial charge is 0.508 e. The number of hydrogen-bond acceptors (Lipinski definition) is 4. The summed E-state index contributed by atoms with van der Waals surface area (Å²) in [5.41, 5.74) is 18.5. The van der Waals surface area contributed by atoms with Gasteiger partial charge in [0.1, 0.15) is 11.6 Å². The number of benzene rings is 2. The fraction of sp³-hybridized carbons (Fsp3) is 0.105. The van der Waals surface area contributed by atoms with Crippen LogP contribution < -0.4 is 11.5 Å². The molecule has 0 amide bonds. The van der Waals surface area contributed by atoms with E-state index in [1.165, 1.54) is 0 Å². The van der Waals surface area contributed by atoms with E-state index in [2.05, 4.69) is 4.98 Å². The molecule has 0 radical (unpaired) electrons. The van der Waals surface area contributed by atoms with E-state index in [9.17, 15) is 5.11 Å². The Morgan fingerprint density at radius 3 is 2.56 bits per heavy atom. The maximum Gasteiger partial charge on any atom is 0.129 e. The number of aromatic hydroxyl groups is 1. The van der Waals surface area contributed by atoms with E-state index in [0.29, 0.717) is 22.3 Å². The van der Waals surface area contributed by atoms with Crippen LogP contribution in [-0.2, 0) is 13.0 Å². The van der Waals surface area contributed by atoms with Crippen molar-refractivity contribution in [3.8, 4) is 28.1 Å². The number of aromatic nitrogens is 1. The van der Waals surface area contributed by atoms with Gasteiger partial charge in [0.15, 0.2) is 0 Å². The minimum Gasteiger partial charge on any atom is -0.508 e. The summed E-state index contributed by atoms with van der Waals surface area (Å²) < 4.78 is 0. The third-order valence-corrected chi connectivity index (χ3v) is 5.09. The Morgan fingerprint density at radius 2 is 1.84 bits per heavy atom. The summed E-state index contributed by atoms with van der Waals surface area (Å²) in [5, 5.41) is 10.9. The number of hydrogen-bond donors (Lipinski definition) is 3. The van der Waals surface area contributed by atoms with Gasteiger partial charge in [-0.3, -0.25) is 0 Å². The molecule has 0 fully saturated rings. The van der Waals surface area contributed by atoms with Crippen molar-refractivity contribution in [2.24, 2.45) is 5.73 Å². The number of rotatable bonds is 2. The second-order valence-corrected chi connectivity index (χ2v) is 6.87. The fourth-order valence-corrected chi connectivity index (χ4v) is 3.95. The van der Waals surface area contributed by atoms with Gasteiger partial charge in [-0.1, -0.05) is 29.3 Å². The molecule has 0 saturated heterocycles. The molecule has 2 aromatic carbocycles. The standard InChI is InChI=1S/C19H15Cl2N3O/c20-10-1-3-13(16(21)7-10)17-14-6-9-5-11(25)2-4-12(9)18(14)24-19(23)15(17)8-22/h1-5,7,25H,6,8,22H2,(H2,23,24). The Labute approximate surface area is 155 Å². The second-order valence-electron chi connectivity index (χ2n) is 6.02. The van der Waals surface area contributed by atoms with Gasteiger partial charge in [0.25, 0.3) is 0 Å². The van der Waals surface area contributed by atoms with Crippen LogP contribution in [0.15, 0.2) is 36.4 Å². The molecule has 1 aliphatic rings. The molecule has 4 nitrogen and oxygen atoms in total. The Balaban J connectivity index is 2.04. The van der Waals surface area contributed by atoms with Crippen molar-refractivity contribution >= 4 is 29.0 Å². The number of phenolic OH excluding ortho intramolecular Hbond substituents is 1. The Kier molecular flexibility index (Phi) is 3.84. The first-order chi connectivity index (χ1) is 12.0. The third kappa shape index (κ3) is 2.54. The highest BCUT2D eigenvalue weighted by Crippen LogP contribution is 2.46. The molecule has 126 valence electrons. The summed E-state index contributed by atoms with van der Waals surface area (Å²) in [4.78, 5) is 4.58. The Hall–Kier alpha value is -2.27. The molecule has 0 bridgehead atoms. The molecule has 25 heavy (non-hydrogen) atoms. The molecule has 1 aliphatic carbocycles. The fourth-order valence-electron chi connectivity index (χ4n) is 3.45. The van der Waals surface area contributed by atoms with E-state index in [4.69, 9.17) is 34.7 Å². The molecular weight excluding hydrogens is 357 g/mol. The predicted molar refractivity (Wildman–Crippen MR) is 102 cm³/mol. The molecule has 1 aromatic heterocycles. The quantitative estimate of drug-likeness (QED) is 0.488. The SMILES string of the molecule is NCc1c(N)nc2c(c1-c1ccc(Cl)cc1Cl)Cc1cc(O)ccc1-2. The van der Waals surface area contributed by atoms with Crippen LogP contribution in [0.2, 0.25) is 10.0 Å². The molecule has 1 heterocycles. The molecule has 0 aliphatic heterocycles. The first-order valence-corrected chi connectivity index (χ1v) is 8.54. The van der Waals surface area contributed by atoms with Crippen LogP contribution in [0.1, 0.15) is 16.7 Å². The smallest absolute Gasteiger partial charge is 0.129 e. The van der Waals surface area contributed by atoms with Gasteiger partial charge in [-0.05, 0) is 47.0 Å². The zero-order valence-electron chi connectivity index (χ0n) is 13.2. The number of pyridine rings is 1.